The first-order valence-corrected chi connectivity index (χ1v) is 5.40. The first-order valence-electron chi connectivity index (χ1n) is 5.40. The van der Waals surface area contributed by atoms with Crippen molar-refractivity contribution in [3.05, 3.63) is 49.1 Å². The van der Waals surface area contributed by atoms with Gasteiger partial charge in [-0.15, -0.1) is 0 Å². The minimum Gasteiger partial charge on any atom is -0.478 e. The van der Waals surface area contributed by atoms with E-state index in [-0.39, 0.29) is 5.57 Å². The number of carboxylic acid groups (broad SMARTS) is 2. The van der Waals surface area contributed by atoms with Crippen LogP contribution in [-0.4, -0.2) is 35.2 Å². The molecule has 0 aliphatic rings. The largest absolute Gasteiger partial charge is 0.478 e. The monoisotopic (exact) mass is 293 g/mol. The van der Waals surface area contributed by atoms with Crippen molar-refractivity contribution in [2.75, 3.05) is 7.11 Å². The molecule has 0 amide bonds. The third-order valence-corrected chi connectivity index (χ3v) is 1.85. The van der Waals surface area contributed by atoms with Crippen molar-refractivity contribution in [3.8, 4) is 6.07 Å². The Labute approximate surface area is 121 Å². The Bertz CT molecular complexity index is 510. The number of allylic oxidation sites excluding steroid dienone is 3. The fourth-order valence-corrected chi connectivity index (χ4v) is 0.896. The maximum Gasteiger partial charge on any atom is 0.334 e. The van der Waals surface area contributed by atoms with E-state index < -0.39 is 23.8 Å². The number of nitrogens with zero attached hydrogens (tertiary/aromatic N) is 1. The van der Waals surface area contributed by atoms with Crippen LogP contribution in [0.15, 0.2) is 49.1 Å². The van der Waals surface area contributed by atoms with Crippen molar-refractivity contribution in [3.63, 3.8) is 0 Å². The number of methoxy groups -OCH3 is 1. The zero-order valence-corrected chi connectivity index (χ0v) is 11.4. The number of ether oxygens (including phenoxy) is 1. The highest BCUT2D eigenvalue weighted by Crippen LogP contribution is 2.14. The molecule has 7 heteroatoms. The number of carbonyl (C=O) groups is 3. The van der Waals surface area contributed by atoms with E-state index >= 15 is 0 Å². The molecule has 0 aromatic carbocycles. The van der Waals surface area contributed by atoms with Crippen LogP contribution in [0, 0.1) is 17.2 Å². The lowest BCUT2D eigenvalue weighted by molar-refractivity contribution is -0.136. The first kappa shape index (κ1) is 20.2. The highest BCUT2D eigenvalue weighted by Gasteiger charge is 2.14. The molecule has 1 atom stereocenters. The Morgan fingerprint density at radius 3 is 2.10 bits per heavy atom. The first-order chi connectivity index (χ1) is 9.79. The molecule has 0 saturated heterocycles. The molecule has 112 valence electrons. The molecule has 0 aromatic rings. The molecule has 7 nitrogen and oxygen atoms in total. The maximum absolute atomic E-state index is 11.1. The zero-order valence-electron chi connectivity index (χ0n) is 11.4. The highest BCUT2D eigenvalue weighted by molar-refractivity contribution is 5.89. The minimum absolute atomic E-state index is 0.0616. The summed E-state index contributed by atoms with van der Waals surface area (Å²) in [7, 11) is 1.19. The summed E-state index contributed by atoms with van der Waals surface area (Å²) in [5.74, 6) is -3.44. The Kier molecular flexibility index (Phi) is 11.5. The molecule has 0 bridgehead atoms. The number of carbonyl (C=O) groups excluding carboxylic acids is 1. The molecule has 2 N–H and O–H groups in total. The Morgan fingerprint density at radius 2 is 1.76 bits per heavy atom. The fourth-order valence-electron chi connectivity index (χ4n) is 0.896. The summed E-state index contributed by atoms with van der Waals surface area (Å²) in [5.41, 5.74) is 0.0616. The molecule has 0 heterocycles. The number of aliphatic carboxylic acids is 2. The lowest BCUT2D eigenvalue weighted by Crippen LogP contribution is -2.10. The van der Waals surface area contributed by atoms with Gasteiger partial charge in [0.25, 0.3) is 0 Å². The Morgan fingerprint density at radius 1 is 1.24 bits per heavy atom. The van der Waals surface area contributed by atoms with Crippen molar-refractivity contribution in [1.29, 1.82) is 5.26 Å². The second-order valence-corrected chi connectivity index (χ2v) is 3.27. The van der Waals surface area contributed by atoms with E-state index in [1.807, 2.05) is 0 Å². The van der Waals surface area contributed by atoms with Crippen LogP contribution >= 0.6 is 0 Å². The summed E-state index contributed by atoms with van der Waals surface area (Å²) in [6.07, 6.45) is 5.46. The smallest absolute Gasteiger partial charge is 0.334 e. The van der Waals surface area contributed by atoms with Gasteiger partial charge >= 0.3 is 17.9 Å². The van der Waals surface area contributed by atoms with Gasteiger partial charge in [0.2, 0.25) is 0 Å². The SMILES string of the molecule is C=C(C(=O)OC)C(C=CC#N)C=CC(=O)O.C=CC(=O)O. The van der Waals surface area contributed by atoms with E-state index in [1.54, 1.807) is 6.07 Å². The fraction of sp³-hybridized carbons (Fsp3) is 0.143. The van der Waals surface area contributed by atoms with Gasteiger partial charge in [-0.3, -0.25) is 0 Å². The average molecular weight is 293 g/mol. The van der Waals surface area contributed by atoms with Crippen LogP contribution in [0.3, 0.4) is 0 Å². The summed E-state index contributed by atoms with van der Waals surface area (Å²) < 4.78 is 4.44. The molecule has 0 rings (SSSR count). The third kappa shape index (κ3) is 11.7. The lowest BCUT2D eigenvalue weighted by Gasteiger charge is -2.08. The summed E-state index contributed by atoms with van der Waals surface area (Å²) in [5, 5.41) is 24.4. The summed E-state index contributed by atoms with van der Waals surface area (Å²) in [6, 6.07) is 1.74. The standard InChI is InChI=1S/C11H11NO4.C3H4O2/c1-8(11(15)16-2)9(4-3-7-12)5-6-10(13)14;1-2-3(4)5/h3-6,9H,1H2,2H3,(H,13,14);2H,1H2,(H,4,5). The van der Waals surface area contributed by atoms with Gasteiger partial charge in [0.05, 0.1) is 13.2 Å². The predicted octanol–water partition coefficient (Wildman–Crippen LogP) is 1.31. The van der Waals surface area contributed by atoms with E-state index in [9.17, 15) is 14.4 Å². The van der Waals surface area contributed by atoms with Gasteiger partial charge in [0.15, 0.2) is 0 Å². The molecule has 0 fully saturated rings. The van der Waals surface area contributed by atoms with Crippen LogP contribution in [0.4, 0.5) is 0 Å². The van der Waals surface area contributed by atoms with E-state index in [1.165, 1.54) is 19.3 Å². The summed E-state index contributed by atoms with van der Waals surface area (Å²) in [6.45, 7) is 6.44. The van der Waals surface area contributed by atoms with E-state index in [2.05, 4.69) is 17.9 Å². The molecular formula is C14H15NO6. The lowest BCUT2D eigenvalue weighted by atomic mass is 9.99. The van der Waals surface area contributed by atoms with Gasteiger partial charge in [-0.1, -0.05) is 25.3 Å². The molecule has 0 radical (unpaired) electrons. The normalized spacial score (nSPS) is 10.9. The Hall–Kier alpha value is -3.14. The van der Waals surface area contributed by atoms with Crippen LogP contribution < -0.4 is 0 Å². The van der Waals surface area contributed by atoms with E-state index in [0.29, 0.717) is 0 Å². The number of hydrogen-bond donors (Lipinski definition) is 2. The van der Waals surface area contributed by atoms with Gasteiger partial charge < -0.3 is 14.9 Å². The topological polar surface area (TPSA) is 125 Å². The molecule has 0 aromatic heterocycles. The molecular weight excluding hydrogens is 278 g/mol. The van der Waals surface area contributed by atoms with Crippen LogP contribution in [0.5, 0.6) is 0 Å². The van der Waals surface area contributed by atoms with Gasteiger partial charge in [0, 0.05) is 29.7 Å². The van der Waals surface area contributed by atoms with E-state index in [4.69, 9.17) is 15.5 Å². The summed E-state index contributed by atoms with van der Waals surface area (Å²) >= 11 is 0. The zero-order chi connectivity index (χ0) is 16.8. The third-order valence-electron chi connectivity index (χ3n) is 1.85. The van der Waals surface area contributed by atoms with Gasteiger partial charge in [-0.2, -0.15) is 5.26 Å². The summed E-state index contributed by atoms with van der Waals surface area (Å²) in [4.78, 5) is 30.7. The number of nitriles is 1. The molecule has 0 aliphatic carbocycles. The molecule has 0 spiro atoms. The quantitative estimate of drug-likeness (QED) is 0.429. The van der Waals surface area contributed by atoms with Crippen LogP contribution in [-0.2, 0) is 19.1 Å². The van der Waals surface area contributed by atoms with Crippen molar-refractivity contribution in [2.45, 2.75) is 0 Å². The van der Waals surface area contributed by atoms with Crippen molar-refractivity contribution >= 4 is 17.9 Å². The van der Waals surface area contributed by atoms with Gasteiger partial charge in [-0.25, -0.2) is 14.4 Å². The van der Waals surface area contributed by atoms with Crippen LogP contribution in [0.25, 0.3) is 0 Å². The second kappa shape index (κ2) is 11.9. The van der Waals surface area contributed by atoms with E-state index in [0.717, 1.165) is 18.2 Å². The van der Waals surface area contributed by atoms with Crippen LogP contribution in [0.2, 0.25) is 0 Å². The maximum atomic E-state index is 11.1. The second-order valence-electron chi connectivity index (χ2n) is 3.27. The van der Waals surface area contributed by atoms with Crippen molar-refractivity contribution in [2.24, 2.45) is 5.92 Å². The molecule has 21 heavy (non-hydrogen) atoms. The number of carboxylic acids is 2. The van der Waals surface area contributed by atoms with Gasteiger partial charge in [0.1, 0.15) is 0 Å². The highest BCUT2D eigenvalue weighted by atomic mass is 16.5. The van der Waals surface area contributed by atoms with Crippen LogP contribution in [0.1, 0.15) is 0 Å². The number of hydrogen-bond acceptors (Lipinski definition) is 5. The molecule has 0 saturated carbocycles. The van der Waals surface area contributed by atoms with Crippen molar-refractivity contribution in [1.82, 2.24) is 0 Å². The minimum atomic E-state index is -1.15. The average Bonchev–Trinajstić information content (AvgIpc) is 2.46. The van der Waals surface area contributed by atoms with Crippen molar-refractivity contribution < 1.29 is 29.3 Å². The molecule has 1 unspecified atom stereocenters. The predicted molar refractivity (Wildman–Crippen MR) is 74.0 cm³/mol. The molecule has 0 aliphatic heterocycles. The van der Waals surface area contributed by atoms with Gasteiger partial charge in [-0.05, 0) is 0 Å². The number of esters is 1. The number of rotatable bonds is 6. The Balaban J connectivity index is 0.